The van der Waals surface area contributed by atoms with Gasteiger partial charge in [0, 0.05) is 29.1 Å². The Labute approximate surface area is 257 Å². The topological polar surface area (TPSA) is 67.9 Å². The van der Waals surface area contributed by atoms with Crippen LogP contribution in [0.3, 0.4) is 0 Å². The molecular formula is C38H30N4O2. The van der Waals surface area contributed by atoms with Crippen molar-refractivity contribution < 1.29 is 9.47 Å². The summed E-state index contributed by atoms with van der Waals surface area (Å²) in [6.07, 6.45) is 13.3. The van der Waals surface area contributed by atoms with Crippen LogP contribution in [0.2, 0.25) is 0 Å². The summed E-state index contributed by atoms with van der Waals surface area (Å²) in [5, 5.41) is 11.0. The van der Waals surface area contributed by atoms with Gasteiger partial charge in [-0.15, -0.1) is 11.5 Å². The lowest BCUT2D eigenvalue weighted by molar-refractivity contribution is 0.309. The van der Waals surface area contributed by atoms with E-state index in [4.69, 9.17) is 20.9 Å². The summed E-state index contributed by atoms with van der Waals surface area (Å²) in [7, 11) is 0. The van der Waals surface area contributed by atoms with Crippen LogP contribution in [0.25, 0.3) is 10.8 Å². The van der Waals surface area contributed by atoms with Crippen LogP contribution in [-0.4, -0.2) is 19.0 Å². The van der Waals surface area contributed by atoms with Crippen molar-refractivity contribution >= 4 is 46.0 Å². The number of hydrogen-bond acceptors (Lipinski definition) is 6. The van der Waals surface area contributed by atoms with Crippen LogP contribution in [0.4, 0.5) is 22.7 Å². The number of benzene rings is 5. The third-order valence-corrected chi connectivity index (χ3v) is 6.54. The highest BCUT2D eigenvalue weighted by molar-refractivity contribution is 6.01. The Morgan fingerprint density at radius 3 is 1.95 bits per heavy atom. The van der Waals surface area contributed by atoms with E-state index in [9.17, 15) is 0 Å². The third-order valence-electron chi connectivity index (χ3n) is 6.54. The lowest BCUT2D eigenvalue weighted by atomic mass is 10.1. The lowest BCUT2D eigenvalue weighted by Gasteiger charge is -2.06. The number of nitrogens with zero attached hydrogens (tertiary/aromatic N) is 4. The number of rotatable bonds is 11. The maximum atomic E-state index is 5.76. The van der Waals surface area contributed by atoms with Gasteiger partial charge in [0.15, 0.2) is 0 Å². The number of azo groups is 1. The third kappa shape index (κ3) is 8.28. The summed E-state index contributed by atoms with van der Waals surface area (Å²) in [5.41, 5.74) is 5.10. The molecule has 0 unspecified atom stereocenters. The van der Waals surface area contributed by atoms with Gasteiger partial charge in [-0.3, -0.25) is 9.98 Å². The summed E-state index contributed by atoms with van der Waals surface area (Å²) in [5.74, 6) is 6.11. The molecule has 0 aliphatic carbocycles. The van der Waals surface area contributed by atoms with Crippen LogP contribution in [-0.2, 0) is 0 Å². The quantitative estimate of drug-likeness (QED) is 0.0682. The molecule has 0 heterocycles. The van der Waals surface area contributed by atoms with Crippen LogP contribution >= 0.6 is 0 Å². The van der Waals surface area contributed by atoms with Crippen molar-refractivity contribution in [2.24, 2.45) is 20.2 Å². The molecule has 214 valence electrons. The summed E-state index contributed by atoms with van der Waals surface area (Å²) >= 11 is 0. The Morgan fingerprint density at radius 1 is 0.659 bits per heavy atom. The molecule has 0 aliphatic heterocycles. The molecule has 0 amide bonds. The Balaban J connectivity index is 1.24. The summed E-state index contributed by atoms with van der Waals surface area (Å²) in [4.78, 5) is 9.31. The number of terminal acetylenes is 1. The number of unbranched alkanes of at least 4 members (excludes halogenated alkanes) is 1. The molecule has 5 aromatic rings. The highest BCUT2D eigenvalue weighted by Gasteiger charge is 2.05. The predicted octanol–water partition coefficient (Wildman–Crippen LogP) is 9.91. The van der Waals surface area contributed by atoms with Gasteiger partial charge in [0.1, 0.15) is 17.6 Å². The monoisotopic (exact) mass is 574 g/mol. The largest absolute Gasteiger partial charge is 0.494 e. The van der Waals surface area contributed by atoms with Gasteiger partial charge < -0.3 is 9.47 Å². The molecule has 5 rings (SSSR count). The maximum absolute atomic E-state index is 5.76. The summed E-state index contributed by atoms with van der Waals surface area (Å²) in [6, 6.07) is 34.9. The van der Waals surface area contributed by atoms with Gasteiger partial charge in [-0.25, -0.2) is 0 Å². The number of ether oxygens (including phenoxy) is 2. The number of fused-ring (bicyclic) bond motifs is 1. The summed E-state index contributed by atoms with van der Waals surface area (Å²) < 4.78 is 11.0. The van der Waals surface area contributed by atoms with Crippen LogP contribution < -0.4 is 9.47 Å². The fourth-order valence-electron chi connectivity index (χ4n) is 4.20. The van der Waals surface area contributed by atoms with Crippen LogP contribution in [0.1, 0.15) is 30.9 Å². The Bertz CT molecular complexity index is 1890. The van der Waals surface area contributed by atoms with Crippen molar-refractivity contribution in [2.75, 3.05) is 6.61 Å². The van der Waals surface area contributed by atoms with Crippen molar-refractivity contribution in [1.82, 2.24) is 0 Å². The fraction of sp³-hybridized carbons (Fsp3) is 0.105. The van der Waals surface area contributed by atoms with Crippen LogP contribution in [0.15, 0.2) is 129 Å². The van der Waals surface area contributed by atoms with Gasteiger partial charge in [0.25, 0.3) is 0 Å². The van der Waals surface area contributed by atoms with E-state index in [2.05, 4.69) is 40.1 Å². The van der Waals surface area contributed by atoms with E-state index in [1.54, 1.807) is 6.21 Å². The molecule has 6 nitrogen and oxygen atoms in total. The molecule has 0 aliphatic rings. The smallest absolute Gasteiger partial charge is 0.140 e. The average molecular weight is 575 g/mol. The summed E-state index contributed by atoms with van der Waals surface area (Å²) in [6.45, 7) is 2.89. The van der Waals surface area contributed by atoms with Gasteiger partial charge in [-0.2, -0.15) is 5.11 Å². The van der Waals surface area contributed by atoms with Crippen molar-refractivity contribution in [3.05, 3.63) is 120 Å². The van der Waals surface area contributed by atoms with E-state index in [1.165, 1.54) is 0 Å². The molecule has 44 heavy (non-hydrogen) atoms. The zero-order chi connectivity index (χ0) is 30.4. The molecule has 0 spiro atoms. The van der Waals surface area contributed by atoms with E-state index in [-0.39, 0.29) is 0 Å². The van der Waals surface area contributed by atoms with Crippen molar-refractivity contribution in [3.63, 3.8) is 0 Å². The maximum Gasteiger partial charge on any atom is 0.140 e. The second-order valence-corrected chi connectivity index (χ2v) is 9.70. The van der Waals surface area contributed by atoms with Crippen LogP contribution in [0, 0.1) is 24.4 Å². The first-order valence-corrected chi connectivity index (χ1v) is 14.3. The average Bonchev–Trinajstić information content (AvgIpc) is 3.07. The molecule has 0 atom stereocenters. The van der Waals surface area contributed by atoms with E-state index in [0.717, 1.165) is 69.8 Å². The number of hydrogen-bond donors (Lipinski definition) is 0. The second-order valence-electron chi connectivity index (χ2n) is 9.70. The first-order chi connectivity index (χ1) is 21.7. The Morgan fingerprint density at radius 2 is 1.27 bits per heavy atom. The molecule has 5 aromatic carbocycles. The minimum Gasteiger partial charge on any atom is -0.494 e. The number of aliphatic imine (C=N–C) groups is 2. The minimum atomic E-state index is 0.615. The van der Waals surface area contributed by atoms with Crippen molar-refractivity contribution in [3.8, 4) is 35.9 Å². The highest BCUT2D eigenvalue weighted by atomic mass is 16.5. The molecule has 0 radical (unpaired) electrons. The molecule has 0 saturated carbocycles. The Kier molecular flexibility index (Phi) is 10.3. The van der Waals surface area contributed by atoms with E-state index in [0.29, 0.717) is 5.75 Å². The van der Waals surface area contributed by atoms with Gasteiger partial charge in [0.2, 0.25) is 0 Å². The molecule has 0 N–H and O–H groups in total. The highest BCUT2D eigenvalue weighted by Crippen LogP contribution is 2.34. The standard InChI is InChI=1S/C38H30N4O2/c1-3-5-25-43-33-19-11-29(12-20-33)27-39-31-15-17-32(18-16-31)41-42-38-24-23-37(35-9-7-8-10-36(35)38)40-28-30-13-21-34(22-14-30)44-26-6-4-2/h1,7-24,27-28H,4,6,26H2,2H3. The van der Waals surface area contributed by atoms with Gasteiger partial charge in [-0.1, -0.05) is 37.6 Å². The SMILES string of the molecule is C#CC#COc1ccc(C=Nc2ccc(N=Nc3ccc(N=Cc4ccc(OCCCC)cc4)c4ccccc34)cc2)cc1. The van der Waals surface area contributed by atoms with E-state index >= 15 is 0 Å². The van der Waals surface area contributed by atoms with Gasteiger partial charge in [-0.05, 0) is 108 Å². The predicted molar refractivity (Wildman–Crippen MR) is 180 cm³/mol. The minimum absolute atomic E-state index is 0.615. The van der Waals surface area contributed by atoms with E-state index in [1.807, 2.05) is 115 Å². The molecule has 0 aromatic heterocycles. The zero-order valence-corrected chi connectivity index (χ0v) is 24.4. The van der Waals surface area contributed by atoms with Gasteiger partial charge >= 0.3 is 0 Å². The zero-order valence-electron chi connectivity index (χ0n) is 24.4. The lowest BCUT2D eigenvalue weighted by Crippen LogP contribution is -1.96. The second kappa shape index (κ2) is 15.3. The van der Waals surface area contributed by atoms with E-state index < -0.39 is 0 Å². The fourth-order valence-corrected chi connectivity index (χ4v) is 4.20. The van der Waals surface area contributed by atoms with Crippen LogP contribution in [0.5, 0.6) is 11.5 Å². The normalized spacial score (nSPS) is 11.1. The molecular weight excluding hydrogens is 544 g/mol. The van der Waals surface area contributed by atoms with Crippen molar-refractivity contribution in [2.45, 2.75) is 19.8 Å². The molecule has 0 saturated heterocycles. The van der Waals surface area contributed by atoms with Gasteiger partial charge in [0.05, 0.1) is 29.4 Å². The molecule has 6 heteroatoms. The first kappa shape index (κ1) is 29.5. The molecule has 0 fully saturated rings. The van der Waals surface area contributed by atoms with Crippen molar-refractivity contribution in [1.29, 1.82) is 0 Å². The Hall–Kier alpha value is -5.98. The molecule has 0 bridgehead atoms. The first-order valence-electron chi connectivity index (χ1n) is 14.3.